The summed E-state index contributed by atoms with van der Waals surface area (Å²) in [7, 11) is 1.64. The van der Waals surface area contributed by atoms with Crippen LogP contribution < -0.4 is 15.8 Å². The van der Waals surface area contributed by atoms with E-state index < -0.39 is 0 Å². The maximum Gasteiger partial charge on any atom is 0.138 e. The van der Waals surface area contributed by atoms with Gasteiger partial charge in [-0.2, -0.15) is 0 Å². The van der Waals surface area contributed by atoms with Gasteiger partial charge in [-0.15, -0.1) is 0 Å². The number of nitrogens with zero attached hydrogens (tertiary/aromatic N) is 2. The Labute approximate surface area is 99.7 Å². The zero-order valence-corrected chi connectivity index (χ0v) is 9.77. The summed E-state index contributed by atoms with van der Waals surface area (Å²) >= 11 is 0. The van der Waals surface area contributed by atoms with Gasteiger partial charge in [-0.05, 0) is 31.2 Å². The third-order valence-electron chi connectivity index (χ3n) is 2.48. The molecular formula is C12H14N4O. The molecule has 1 heterocycles. The first-order chi connectivity index (χ1) is 8.20. The number of nitrogens with two attached hydrogens (primary N) is 1. The summed E-state index contributed by atoms with van der Waals surface area (Å²) in [4.78, 5) is 8.06. The molecule has 0 spiro atoms. The minimum absolute atomic E-state index is 0.482. The number of rotatable bonds is 3. The summed E-state index contributed by atoms with van der Waals surface area (Å²) in [6, 6.07) is 7.58. The Morgan fingerprint density at radius 1 is 1.18 bits per heavy atom. The monoisotopic (exact) mass is 230 g/mol. The molecule has 0 aliphatic heterocycles. The second-order valence-corrected chi connectivity index (χ2v) is 3.59. The van der Waals surface area contributed by atoms with Crippen LogP contribution >= 0.6 is 0 Å². The van der Waals surface area contributed by atoms with Crippen molar-refractivity contribution in [2.45, 2.75) is 6.92 Å². The van der Waals surface area contributed by atoms with Crippen LogP contribution in [-0.4, -0.2) is 17.1 Å². The van der Waals surface area contributed by atoms with Gasteiger partial charge in [0.15, 0.2) is 0 Å². The van der Waals surface area contributed by atoms with Gasteiger partial charge in [0.25, 0.3) is 0 Å². The molecule has 0 aliphatic carbocycles. The minimum Gasteiger partial charge on any atom is -0.497 e. The number of benzene rings is 1. The zero-order chi connectivity index (χ0) is 12.3. The third-order valence-corrected chi connectivity index (χ3v) is 2.48. The van der Waals surface area contributed by atoms with Gasteiger partial charge in [-0.25, -0.2) is 9.97 Å². The van der Waals surface area contributed by atoms with Crippen molar-refractivity contribution in [2.24, 2.45) is 0 Å². The molecule has 0 saturated carbocycles. The number of anilines is 3. The van der Waals surface area contributed by atoms with Gasteiger partial charge in [0, 0.05) is 11.3 Å². The molecule has 5 heteroatoms. The molecule has 0 atom stereocenters. The average Bonchev–Trinajstić information content (AvgIpc) is 2.36. The van der Waals surface area contributed by atoms with Gasteiger partial charge >= 0.3 is 0 Å². The number of hydrogen-bond acceptors (Lipinski definition) is 5. The van der Waals surface area contributed by atoms with Crippen molar-refractivity contribution >= 4 is 17.3 Å². The predicted octanol–water partition coefficient (Wildman–Crippen LogP) is 2.12. The quantitative estimate of drug-likeness (QED) is 0.844. The van der Waals surface area contributed by atoms with Crippen LogP contribution in [0.1, 0.15) is 5.56 Å². The lowest BCUT2D eigenvalue weighted by atomic mass is 10.2. The van der Waals surface area contributed by atoms with Crippen molar-refractivity contribution in [3.05, 3.63) is 36.2 Å². The molecule has 1 aromatic heterocycles. The summed E-state index contributed by atoms with van der Waals surface area (Å²) in [5, 5.41) is 3.18. The van der Waals surface area contributed by atoms with E-state index in [0.29, 0.717) is 11.6 Å². The highest BCUT2D eigenvalue weighted by Gasteiger charge is 2.04. The number of aromatic nitrogens is 2. The van der Waals surface area contributed by atoms with E-state index in [9.17, 15) is 0 Å². The molecule has 0 unspecified atom stereocenters. The van der Waals surface area contributed by atoms with Crippen molar-refractivity contribution in [3.8, 4) is 5.75 Å². The zero-order valence-electron chi connectivity index (χ0n) is 9.77. The Hall–Kier alpha value is -2.30. The van der Waals surface area contributed by atoms with Crippen molar-refractivity contribution in [2.75, 3.05) is 18.2 Å². The summed E-state index contributed by atoms with van der Waals surface area (Å²) in [5.41, 5.74) is 7.47. The van der Waals surface area contributed by atoms with Crippen LogP contribution in [0, 0.1) is 6.92 Å². The van der Waals surface area contributed by atoms with Crippen LogP contribution in [0.3, 0.4) is 0 Å². The number of hydrogen-bond donors (Lipinski definition) is 2. The van der Waals surface area contributed by atoms with Gasteiger partial charge in [-0.1, -0.05) is 0 Å². The summed E-state index contributed by atoms with van der Waals surface area (Å²) in [6.45, 7) is 1.88. The van der Waals surface area contributed by atoms with E-state index in [-0.39, 0.29) is 0 Å². The largest absolute Gasteiger partial charge is 0.497 e. The molecule has 17 heavy (non-hydrogen) atoms. The topological polar surface area (TPSA) is 73.1 Å². The van der Waals surface area contributed by atoms with E-state index in [2.05, 4.69) is 15.3 Å². The number of nitrogens with one attached hydrogen (secondary N) is 1. The number of nitrogen functional groups attached to an aromatic ring is 1. The second kappa shape index (κ2) is 4.69. The van der Waals surface area contributed by atoms with Crippen LogP contribution in [-0.2, 0) is 0 Å². The van der Waals surface area contributed by atoms with E-state index in [1.54, 1.807) is 7.11 Å². The predicted molar refractivity (Wildman–Crippen MR) is 67.5 cm³/mol. The minimum atomic E-state index is 0.482. The van der Waals surface area contributed by atoms with E-state index in [4.69, 9.17) is 10.5 Å². The highest BCUT2D eigenvalue weighted by Crippen LogP contribution is 2.22. The summed E-state index contributed by atoms with van der Waals surface area (Å²) in [6.07, 6.45) is 1.44. The molecule has 0 radical (unpaired) electrons. The van der Waals surface area contributed by atoms with Gasteiger partial charge in [0.1, 0.15) is 23.7 Å². The van der Waals surface area contributed by atoms with Gasteiger partial charge in [-0.3, -0.25) is 0 Å². The Balaban J connectivity index is 2.22. The normalized spacial score (nSPS) is 10.0. The maximum absolute atomic E-state index is 5.71. The highest BCUT2D eigenvalue weighted by molar-refractivity contribution is 5.63. The molecular weight excluding hydrogens is 216 g/mol. The molecule has 0 amide bonds. The summed E-state index contributed by atoms with van der Waals surface area (Å²) in [5.74, 6) is 2.01. The molecule has 0 saturated heterocycles. The molecule has 0 fully saturated rings. The standard InChI is InChI=1S/C12H14N4O/c1-8-11(13)14-7-15-12(8)16-9-3-5-10(17-2)6-4-9/h3-7H,1-2H3,(H3,13,14,15,16). The molecule has 0 bridgehead atoms. The highest BCUT2D eigenvalue weighted by atomic mass is 16.5. The van der Waals surface area contributed by atoms with Gasteiger partial charge in [0.2, 0.25) is 0 Å². The molecule has 1 aromatic carbocycles. The fraction of sp³-hybridized carbons (Fsp3) is 0.167. The Bertz CT molecular complexity index is 510. The van der Waals surface area contributed by atoms with Crippen molar-refractivity contribution in [1.82, 2.24) is 9.97 Å². The van der Waals surface area contributed by atoms with E-state index in [0.717, 1.165) is 17.0 Å². The average molecular weight is 230 g/mol. The molecule has 0 aliphatic rings. The lowest BCUT2D eigenvalue weighted by molar-refractivity contribution is 0.415. The lowest BCUT2D eigenvalue weighted by Crippen LogP contribution is -2.01. The third kappa shape index (κ3) is 2.44. The first kappa shape index (κ1) is 11.2. The molecule has 2 aromatic rings. The fourth-order valence-electron chi connectivity index (χ4n) is 1.40. The SMILES string of the molecule is COc1ccc(Nc2ncnc(N)c2C)cc1. The molecule has 3 N–H and O–H groups in total. The molecule has 5 nitrogen and oxygen atoms in total. The van der Waals surface area contributed by atoms with Crippen molar-refractivity contribution < 1.29 is 4.74 Å². The van der Waals surface area contributed by atoms with Crippen LogP contribution in [0.15, 0.2) is 30.6 Å². The Morgan fingerprint density at radius 3 is 2.53 bits per heavy atom. The van der Waals surface area contributed by atoms with Crippen molar-refractivity contribution in [1.29, 1.82) is 0 Å². The smallest absolute Gasteiger partial charge is 0.138 e. The molecule has 88 valence electrons. The Kier molecular flexibility index (Phi) is 3.09. The van der Waals surface area contributed by atoms with Gasteiger partial charge in [0.05, 0.1) is 7.11 Å². The van der Waals surface area contributed by atoms with Crippen molar-refractivity contribution in [3.63, 3.8) is 0 Å². The number of methoxy groups -OCH3 is 1. The van der Waals surface area contributed by atoms with Crippen LogP contribution in [0.5, 0.6) is 5.75 Å². The fourth-order valence-corrected chi connectivity index (χ4v) is 1.40. The van der Waals surface area contributed by atoms with Gasteiger partial charge < -0.3 is 15.8 Å². The lowest BCUT2D eigenvalue weighted by Gasteiger charge is -2.09. The van der Waals surface area contributed by atoms with Crippen LogP contribution in [0.25, 0.3) is 0 Å². The summed E-state index contributed by atoms with van der Waals surface area (Å²) < 4.78 is 5.09. The number of ether oxygens (including phenoxy) is 1. The first-order valence-electron chi connectivity index (χ1n) is 5.19. The molecule has 2 rings (SSSR count). The van der Waals surface area contributed by atoms with E-state index in [1.165, 1.54) is 6.33 Å². The van der Waals surface area contributed by atoms with Crippen LogP contribution in [0.2, 0.25) is 0 Å². The first-order valence-corrected chi connectivity index (χ1v) is 5.19. The van der Waals surface area contributed by atoms with E-state index >= 15 is 0 Å². The van der Waals surface area contributed by atoms with E-state index in [1.807, 2.05) is 31.2 Å². The second-order valence-electron chi connectivity index (χ2n) is 3.59. The van der Waals surface area contributed by atoms with Crippen LogP contribution in [0.4, 0.5) is 17.3 Å². The maximum atomic E-state index is 5.71. The Morgan fingerprint density at radius 2 is 1.88 bits per heavy atom.